The standard InChI is InChI=1S/C11H19ClN2O2S2/c1-11(2,3)10(13)7-14-18(15,16)9-4-5-17-8(9)6-12/h4-5,10,14H,6-7,13H2,1-3H3/t10-/m1/s1. The first-order valence-corrected chi connectivity index (χ1v) is 8.46. The van der Waals surface area contributed by atoms with Gasteiger partial charge in [-0.25, -0.2) is 13.1 Å². The van der Waals surface area contributed by atoms with Gasteiger partial charge in [-0.15, -0.1) is 22.9 Å². The second kappa shape index (κ2) is 5.88. The number of nitrogens with two attached hydrogens (primary N) is 1. The summed E-state index contributed by atoms with van der Waals surface area (Å²) in [6.07, 6.45) is 0. The van der Waals surface area contributed by atoms with Crippen LogP contribution in [0.25, 0.3) is 0 Å². The van der Waals surface area contributed by atoms with E-state index in [1.807, 2.05) is 20.8 Å². The minimum Gasteiger partial charge on any atom is -0.326 e. The Morgan fingerprint density at radius 1 is 1.50 bits per heavy atom. The lowest BCUT2D eigenvalue weighted by atomic mass is 9.88. The Labute approximate surface area is 118 Å². The molecule has 1 rings (SSSR count). The number of thiophene rings is 1. The molecule has 0 spiro atoms. The molecule has 0 saturated heterocycles. The summed E-state index contributed by atoms with van der Waals surface area (Å²) in [5.41, 5.74) is 5.79. The molecular weight excluding hydrogens is 292 g/mol. The second-order valence-electron chi connectivity index (χ2n) is 5.17. The number of hydrogen-bond donors (Lipinski definition) is 2. The molecule has 1 heterocycles. The van der Waals surface area contributed by atoms with E-state index in [-0.39, 0.29) is 28.8 Å². The summed E-state index contributed by atoms with van der Waals surface area (Å²) >= 11 is 7.04. The average Bonchev–Trinajstić information content (AvgIpc) is 2.73. The molecule has 4 nitrogen and oxygen atoms in total. The highest BCUT2D eigenvalue weighted by Crippen LogP contribution is 2.24. The molecule has 1 aromatic rings. The van der Waals surface area contributed by atoms with Crippen LogP contribution in [0.5, 0.6) is 0 Å². The second-order valence-corrected chi connectivity index (χ2v) is 8.17. The maximum atomic E-state index is 12.1. The van der Waals surface area contributed by atoms with E-state index in [2.05, 4.69) is 4.72 Å². The van der Waals surface area contributed by atoms with E-state index in [0.717, 1.165) is 0 Å². The monoisotopic (exact) mass is 310 g/mol. The van der Waals surface area contributed by atoms with Crippen LogP contribution in [0.15, 0.2) is 16.3 Å². The lowest BCUT2D eigenvalue weighted by molar-refractivity contribution is 0.320. The molecule has 0 bridgehead atoms. The molecule has 0 aliphatic heterocycles. The van der Waals surface area contributed by atoms with Gasteiger partial charge in [0, 0.05) is 17.5 Å². The van der Waals surface area contributed by atoms with Crippen LogP contribution in [0.4, 0.5) is 0 Å². The Morgan fingerprint density at radius 3 is 2.61 bits per heavy atom. The molecule has 3 N–H and O–H groups in total. The summed E-state index contributed by atoms with van der Waals surface area (Å²) in [5.74, 6) is 0.194. The van der Waals surface area contributed by atoms with Crippen LogP contribution < -0.4 is 10.5 Å². The van der Waals surface area contributed by atoms with Crippen LogP contribution in [0.1, 0.15) is 25.6 Å². The summed E-state index contributed by atoms with van der Waals surface area (Å²) in [4.78, 5) is 0.900. The summed E-state index contributed by atoms with van der Waals surface area (Å²) in [6.45, 7) is 6.13. The molecule has 0 radical (unpaired) electrons. The minimum atomic E-state index is -3.52. The summed E-state index contributed by atoms with van der Waals surface area (Å²) < 4.78 is 26.7. The highest BCUT2D eigenvalue weighted by Gasteiger charge is 2.24. The molecule has 0 saturated carbocycles. The van der Waals surface area contributed by atoms with Crippen LogP contribution in [-0.4, -0.2) is 21.0 Å². The fourth-order valence-corrected chi connectivity index (χ4v) is 4.01. The molecule has 1 atom stereocenters. The highest BCUT2D eigenvalue weighted by molar-refractivity contribution is 7.89. The van der Waals surface area contributed by atoms with Gasteiger partial charge in [0.2, 0.25) is 10.0 Å². The first-order valence-electron chi connectivity index (χ1n) is 5.56. The number of hydrogen-bond acceptors (Lipinski definition) is 4. The number of sulfonamides is 1. The maximum Gasteiger partial charge on any atom is 0.241 e. The Morgan fingerprint density at radius 2 is 2.11 bits per heavy atom. The van der Waals surface area contributed by atoms with Crippen molar-refractivity contribution in [3.63, 3.8) is 0 Å². The van der Waals surface area contributed by atoms with Crippen LogP contribution in [-0.2, 0) is 15.9 Å². The fourth-order valence-electron chi connectivity index (χ4n) is 1.25. The van der Waals surface area contributed by atoms with Gasteiger partial charge in [0.15, 0.2) is 0 Å². The van der Waals surface area contributed by atoms with E-state index < -0.39 is 10.0 Å². The van der Waals surface area contributed by atoms with Gasteiger partial charge in [-0.3, -0.25) is 0 Å². The van der Waals surface area contributed by atoms with Gasteiger partial charge in [-0.1, -0.05) is 20.8 Å². The molecule has 0 unspecified atom stereocenters. The molecular formula is C11H19ClN2O2S2. The molecule has 0 aliphatic rings. The zero-order chi connectivity index (χ0) is 14.0. The van der Waals surface area contributed by atoms with Crippen LogP contribution in [0.2, 0.25) is 0 Å². The normalized spacial score (nSPS) is 14.7. The SMILES string of the molecule is CC(C)(C)[C@H](N)CNS(=O)(=O)c1ccsc1CCl. The molecule has 0 amide bonds. The van der Waals surface area contributed by atoms with E-state index in [4.69, 9.17) is 17.3 Å². The Kier molecular flexibility index (Phi) is 5.20. The van der Waals surface area contributed by atoms with Crippen molar-refractivity contribution in [3.05, 3.63) is 16.3 Å². The third-order valence-corrected chi connectivity index (χ3v) is 5.71. The zero-order valence-electron chi connectivity index (χ0n) is 10.7. The van der Waals surface area contributed by atoms with E-state index in [0.29, 0.717) is 4.88 Å². The third kappa shape index (κ3) is 3.93. The van der Waals surface area contributed by atoms with Crippen LogP contribution in [0.3, 0.4) is 0 Å². The van der Waals surface area contributed by atoms with E-state index in [9.17, 15) is 8.42 Å². The maximum absolute atomic E-state index is 12.1. The Bertz CT molecular complexity index is 491. The van der Waals surface area contributed by atoms with Crippen molar-refractivity contribution in [2.24, 2.45) is 11.1 Å². The molecule has 0 fully saturated rings. The van der Waals surface area contributed by atoms with Gasteiger partial charge in [0.25, 0.3) is 0 Å². The predicted molar refractivity (Wildman–Crippen MR) is 76.5 cm³/mol. The van der Waals surface area contributed by atoms with Gasteiger partial charge in [-0.05, 0) is 16.9 Å². The van der Waals surface area contributed by atoms with Gasteiger partial charge in [0.1, 0.15) is 0 Å². The van der Waals surface area contributed by atoms with Crippen molar-refractivity contribution < 1.29 is 8.42 Å². The molecule has 1 aromatic heterocycles. The molecule has 7 heteroatoms. The smallest absolute Gasteiger partial charge is 0.241 e. The van der Waals surface area contributed by atoms with Crippen LogP contribution >= 0.6 is 22.9 Å². The van der Waals surface area contributed by atoms with E-state index in [1.54, 1.807) is 11.4 Å². The minimum absolute atomic E-state index is 0.146. The Hall–Kier alpha value is -0.140. The summed E-state index contributed by atoms with van der Waals surface area (Å²) in [6, 6.07) is 1.32. The molecule has 104 valence electrons. The zero-order valence-corrected chi connectivity index (χ0v) is 13.1. The lowest BCUT2D eigenvalue weighted by Gasteiger charge is -2.27. The van der Waals surface area contributed by atoms with Gasteiger partial charge < -0.3 is 5.73 Å². The fraction of sp³-hybridized carbons (Fsp3) is 0.636. The largest absolute Gasteiger partial charge is 0.326 e. The number of halogens is 1. The quantitative estimate of drug-likeness (QED) is 0.818. The number of nitrogens with one attached hydrogen (secondary N) is 1. The highest BCUT2D eigenvalue weighted by atomic mass is 35.5. The molecule has 0 aliphatic carbocycles. The summed E-state index contributed by atoms with van der Waals surface area (Å²) in [7, 11) is -3.52. The van der Waals surface area contributed by atoms with Gasteiger partial charge >= 0.3 is 0 Å². The Balaban J connectivity index is 2.78. The molecule has 0 aromatic carbocycles. The molecule has 18 heavy (non-hydrogen) atoms. The third-order valence-electron chi connectivity index (χ3n) is 2.72. The number of rotatable bonds is 5. The van der Waals surface area contributed by atoms with Crippen molar-refractivity contribution >= 4 is 33.0 Å². The summed E-state index contributed by atoms with van der Waals surface area (Å²) in [5, 5.41) is 1.72. The average molecular weight is 311 g/mol. The van der Waals surface area contributed by atoms with Gasteiger partial charge in [-0.2, -0.15) is 0 Å². The van der Waals surface area contributed by atoms with Gasteiger partial charge in [0.05, 0.1) is 10.8 Å². The van der Waals surface area contributed by atoms with Crippen molar-refractivity contribution in [2.45, 2.75) is 37.6 Å². The van der Waals surface area contributed by atoms with Crippen molar-refractivity contribution in [1.29, 1.82) is 0 Å². The van der Waals surface area contributed by atoms with Crippen LogP contribution in [0, 0.1) is 5.41 Å². The number of alkyl halides is 1. The van der Waals surface area contributed by atoms with Crippen molar-refractivity contribution in [2.75, 3.05) is 6.54 Å². The topological polar surface area (TPSA) is 72.2 Å². The van der Waals surface area contributed by atoms with Crippen molar-refractivity contribution in [1.82, 2.24) is 4.72 Å². The predicted octanol–water partition coefficient (Wildman–Crippen LogP) is 2.14. The van der Waals surface area contributed by atoms with E-state index >= 15 is 0 Å². The van der Waals surface area contributed by atoms with E-state index in [1.165, 1.54) is 11.3 Å². The lowest BCUT2D eigenvalue weighted by Crippen LogP contribution is -2.45. The van der Waals surface area contributed by atoms with Crippen molar-refractivity contribution in [3.8, 4) is 0 Å². The first kappa shape index (κ1) is 15.9. The first-order chi connectivity index (χ1) is 8.18.